The molecule has 8 nitrogen and oxygen atoms in total. The summed E-state index contributed by atoms with van der Waals surface area (Å²) in [6.45, 7) is 0.586. The molecule has 0 aliphatic carbocycles. The van der Waals surface area contributed by atoms with Gasteiger partial charge in [-0.05, 0) is 41.5 Å². The molecular weight excluding hydrogens is 418 g/mol. The smallest absolute Gasteiger partial charge is 0.274 e. The number of benzene rings is 2. The molecule has 1 aliphatic heterocycles. The molecule has 0 saturated carbocycles. The van der Waals surface area contributed by atoms with Crippen molar-refractivity contribution in [2.45, 2.75) is 12.6 Å². The molecule has 1 atom stereocenters. The van der Waals surface area contributed by atoms with Gasteiger partial charge in [0.2, 0.25) is 5.95 Å². The SMILES string of the molecule is Cn1nccc(-c2ccc(F)c(Nc3nnc4n3[C@H](c3ccc(F)cc3)COC4)c2)c1=O. The lowest BCUT2D eigenvalue weighted by atomic mass is 10.1. The van der Waals surface area contributed by atoms with Gasteiger partial charge in [-0.2, -0.15) is 5.10 Å². The van der Waals surface area contributed by atoms with Crippen molar-refractivity contribution in [3.05, 3.63) is 88.1 Å². The van der Waals surface area contributed by atoms with Crippen LogP contribution in [0.5, 0.6) is 0 Å². The van der Waals surface area contributed by atoms with Gasteiger partial charge >= 0.3 is 0 Å². The minimum Gasteiger partial charge on any atom is -0.371 e. The summed E-state index contributed by atoms with van der Waals surface area (Å²) in [7, 11) is 1.55. The van der Waals surface area contributed by atoms with Crippen molar-refractivity contribution in [3.63, 3.8) is 0 Å². The number of hydrogen-bond acceptors (Lipinski definition) is 6. The summed E-state index contributed by atoms with van der Waals surface area (Å²) in [5.74, 6) is 0.0280. The van der Waals surface area contributed by atoms with Gasteiger partial charge in [0.1, 0.15) is 18.2 Å². The van der Waals surface area contributed by atoms with Gasteiger partial charge in [-0.1, -0.05) is 18.2 Å². The molecule has 1 N–H and O–H groups in total. The fourth-order valence-electron chi connectivity index (χ4n) is 3.74. The zero-order chi connectivity index (χ0) is 22.2. The van der Waals surface area contributed by atoms with Crippen LogP contribution in [0.2, 0.25) is 0 Å². The van der Waals surface area contributed by atoms with Crippen LogP contribution in [-0.2, 0) is 18.4 Å². The molecule has 2 aromatic carbocycles. The predicted molar refractivity (Wildman–Crippen MR) is 112 cm³/mol. The molecule has 0 unspecified atom stereocenters. The number of hydrogen-bond donors (Lipinski definition) is 1. The van der Waals surface area contributed by atoms with E-state index in [0.29, 0.717) is 29.5 Å². The van der Waals surface area contributed by atoms with Crippen molar-refractivity contribution in [1.29, 1.82) is 0 Å². The van der Waals surface area contributed by atoms with Gasteiger partial charge < -0.3 is 10.1 Å². The molecule has 1 aliphatic rings. The highest BCUT2D eigenvalue weighted by atomic mass is 19.1. The Balaban J connectivity index is 1.53. The van der Waals surface area contributed by atoms with Crippen molar-refractivity contribution in [3.8, 4) is 11.1 Å². The van der Waals surface area contributed by atoms with Gasteiger partial charge in [0.15, 0.2) is 5.82 Å². The number of nitrogens with zero attached hydrogens (tertiary/aromatic N) is 5. The van der Waals surface area contributed by atoms with E-state index in [1.54, 1.807) is 31.3 Å². The van der Waals surface area contributed by atoms with Crippen molar-refractivity contribution < 1.29 is 13.5 Å². The molecule has 0 fully saturated rings. The number of halogens is 2. The first-order valence-electron chi connectivity index (χ1n) is 9.87. The van der Waals surface area contributed by atoms with E-state index < -0.39 is 5.82 Å². The van der Waals surface area contributed by atoms with Gasteiger partial charge in [-0.15, -0.1) is 10.2 Å². The topological polar surface area (TPSA) is 86.9 Å². The predicted octanol–water partition coefficient (Wildman–Crippen LogP) is 3.18. The minimum absolute atomic E-state index is 0.140. The molecule has 5 rings (SSSR count). The second-order valence-corrected chi connectivity index (χ2v) is 7.39. The maximum absolute atomic E-state index is 14.7. The highest BCUT2D eigenvalue weighted by Gasteiger charge is 2.27. The van der Waals surface area contributed by atoms with Crippen LogP contribution in [0.4, 0.5) is 20.4 Å². The van der Waals surface area contributed by atoms with E-state index in [4.69, 9.17) is 4.74 Å². The van der Waals surface area contributed by atoms with E-state index in [2.05, 4.69) is 20.6 Å². The molecule has 0 bridgehead atoms. The molecule has 0 radical (unpaired) electrons. The Morgan fingerprint density at radius 3 is 2.72 bits per heavy atom. The first-order valence-corrected chi connectivity index (χ1v) is 9.87. The first kappa shape index (κ1) is 20.0. The second-order valence-electron chi connectivity index (χ2n) is 7.39. The van der Waals surface area contributed by atoms with E-state index in [1.807, 2.05) is 4.57 Å². The van der Waals surface area contributed by atoms with Gasteiger partial charge in [0.05, 0.1) is 23.9 Å². The van der Waals surface area contributed by atoms with E-state index in [-0.39, 0.29) is 29.7 Å². The third-order valence-corrected chi connectivity index (χ3v) is 5.37. The Hall–Kier alpha value is -3.92. The summed E-state index contributed by atoms with van der Waals surface area (Å²) >= 11 is 0. The minimum atomic E-state index is -0.512. The number of aromatic nitrogens is 5. The molecule has 0 saturated heterocycles. The Bertz CT molecular complexity index is 1350. The largest absolute Gasteiger partial charge is 0.371 e. The van der Waals surface area contributed by atoms with Crippen molar-refractivity contribution in [2.75, 3.05) is 11.9 Å². The molecular formula is C22H18F2N6O2. The van der Waals surface area contributed by atoms with Crippen LogP contribution in [0.25, 0.3) is 11.1 Å². The summed E-state index contributed by atoms with van der Waals surface area (Å²) in [5, 5.41) is 15.2. The van der Waals surface area contributed by atoms with E-state index in [9.17, 15) is 13.6 Å². The van der Waals surface area contributed by atoms with Gasteiger partial charge in [0, 0.05) is 13.2 Å². The van der Waals surface area contributed by atoms with Crippen LogP contribution < -0.4 is 10.9 Å². The lowest BCUT2D eigenvalue weighted by molar-refractivity contribution is 0.0670. The number of nitrogens with one attached hydrogen (secondary N) is 1. The summed E-state index contributed by atoms with van der Waals surface area (Å²) in [6, 6.07) is 11.7. The van der Waals surface area contributed by atoms with Gasteiger partial charge in [0.25, 0.3) is 5.56 Å². The molecule has 3 heterocycles. The number of fused-ring (bicyclic) bond motifs is 1. The first-order chi connectivity index (χ1) is 15.5. The highest BCUT2D eigenvalue weighted by Crippen LogP contribution is 2.31. The number of ether oxygens (including phenoxy) is 1. The van der Waals surface area contributed by atoms with Crippen LogP contribution in [-0.4, -0.2) is 31.2 Å². The lowest BCUT2D eigenvalue weighted by Gasteiger charge is -2.26. The summed E-state index contributed by atoms with van der Waals surface area (Å²) < 4.78 is 36.7. The van der Waals surface area contributed by atoms with Crippen molar-refractivity contribution in [1.82, 2.24) is 24.5 Å². The maximum Gasteiger partial charge on any atom is 0.274 e. The van der Waals surface area contributed by atoms with Crippen molar-refractivity contribution >= 4 is 11.6 Å². The van der Waals surface area contributed by atoms with Crippen LogP contribution in [0.3, 0.4) is 0 Å². The summed E-state index contributed by atoms with van der Waals surface area (Å²) in [5.41, 5.74) is 1.59. The highest BCUT2D eigenvalue weighted by molar-refractivity contribution is 5.69. The Labute approximate surface area is 181 Å². The molecule has 0 spiro atoms. The average Bonchev–Trinajstić information content (AvgIpc) is 3.21. The monoisotopic (exact) mass is 436 g/mol. The van der Waals surface area contributed by atoms with Crippen LogP contribution in [0.15, 0.2) is 59.5 Å². The summed E-state index contributed by atoms with van der Waals surface area (Å²) in [6.07, 6.45) is 1.51. The lowest BCUT2D eigenvalue weighted by Crippen LogP contribution is -2.26. The van der Waals surface area contributed by atoms with E-state index in [0.717, 1.165) is 5.56 Å². The molecule has 0 amide bonds. The van der Waals surface area contributed by atoms with Crippen LogP contribution in [0, 0.1) is 11.6 Å². The molecule has 162 valence electrons. The quantitative estimate of drug-likeness (QED) is 0.529. The van der Waals surface area contributed by atoms with Gasteiger partial charge in [-0.25, -0.2) is 13.5 Å². The zero-order valence-electron chi connectivity index (χ0n) is 17.0. The standard InChI is InChI=1S/C22H18F2N6O2/c1-29-21(31)16(8-9-25-29)14-4-7-17(24)18(10-14)26-22-28-27-20-12-32-11-19(30(20)22)13-2-5-15(23)6-3-13/h2-10,19H,11-12H2,1H3,(H,26,28)/t19-/m0/s1. The Kier molecular flexibility index (Phi) is 4.98. The third kappa shape index (κ3) is 3.54. The van der Waals surface area contributed by atoms with Crippen LogP contribution in [0.1, 0.15) is 17.4 Å². The number of aryl methyl sites for hydroxylation is 1. The summed E-state index contributed by atoms with van der Waals surface area (Å²) in [4.78, 5) is 12.4. The van der Waals surface area contributed by atoms with E-state index >= 15 is 0 Å². The fraction of sp³-hybridized carbons (Fsp3) is 0.182. The zero-order valence-corrected chi connectivity index (χ0v) is 17.0. The molecule has 4 aromatic rings. The Morgan fingerprint density at radius 1 is 1.09 bits per heavy atom. The maximum atomic E-state index is 14.7. The number of rotatable bonds is 4. The van der Waals surface area contributed by atoms with E-state index in [1.165, 1.54) is 35.1 Å². The molecule has 10 heteroatoms. The fourth-order valence-corrected chi connectivity index (χ4v) is 3.74. The third-order valence-electron chi connectivity index (χ3n) is 5.37. The van der Waals surface area contributed by atoms with Crippen molar-refractivity contribution in [2.24, 2.45) is 7.05 Å². The van der Waals surface area contributed by atoms with Gasteiger partial charge in [-0.3, -0.25) is 9.36 Å². The Morgan fingerprint density at radius 2 is 1.91 bits per heavy atom. The average molecular weight is 436 g/mol. The second kappa shape index (κ2) is 7.97. The number of anilines is 2. The molecule has 32 heavy (non-hydrogen) atoms. The molecule has 2 aromatic heterocycles. The van der Waals surface area contributed by atoms with Crippen LogP contribution >= 0.6 is 0 Å². The normalized spacial score (nSPS) is 15.4.